The summed E-state index contributed by atoms with van der Waals surface area (Å²) in [5.74, 6) is -0.945. The Morgan fingerprint density at radius 3 is 1.89 bits per heavy atom. The molecule has 0 bridgehead atoms. The van der Waals surface area contributed by atoms with Crippen LogP contribution in [-0.4, -0.2) is 17.1 Å². The molecule has 0 aliphatic rings. The molecule has 0 fully saturated rings. The van der Waals surface area contributed by atoms with Gasteiger partial charge in [-0.15, -0.1) is 0 Å². The Labute approximate surface area is 115 Å². The van der Waals surface area contributed by atoms with Crippen LogP contribution in [0.4, 0.5) is 0 Å². The average Bonchev–Trinajstić information content (AvgIpc) is 2.27. The van der Waals surface area contributed by atoms with E-state index in [9.17, 15) is 4.79 Å². The Bertz CT molecular complexity index is 441. The maximum Gasteiger partial charge on any atom is 0.320 e. The van der Waals surface area contributed by atoms with Crippen LogP contribution in [-0.2, 0) is 15.6 Å². The summed E-state index contributed by atoms with van der Waals surface area (Å²) in [5, 5.41) is 8.92. The van der Waals surface area contributed by atoms with E-state index < -0.39 is 12.0 Å². The van der Waals surface area contributed by atoms with Crippen molar-refractivity contribution < 1.29 is 9.90 Å². The van der Waals surface area contributed by atoms with Crippen molar-refractivity contribution in [2.45, 2.75) is 57.9 Å². The van der Waals surface area contributed by atoms with Crippen LogP contribution < -0.4 is 5.73 Å². The van der Waals surface area contributed by atoms with Gasteiger partial charge in [-0.2, -0.15) is 0 Å². The molecule has 1 unspecified atom stereocenters. The first-order valence-electron chi connectivity index (χ1n) is 6.63. The number of aliphatic carboxylic acids is 1. The summed E-state index contributed by atoms with van der Waals surface area (Å²) in [5.41, 5.74) is 7.92. The van der Waals surface area contributed by atoms with E-state index in [-0.39, 0.29) is 10.8 Å². The summed E-state index contributed by atoms with van der Waals surface area (Å²) >= 11 is 0. The Morgan fingerprint density at radius 2 is 1.53 bits per heavy atom. The van der Waals surface area contributed by atoms with Crippen molar-refractivity contribution >= 4 is 5.97 Å². The molecule has 0 saturated carbocycles. The van der Waals surface area contributed by atoms with Crippen molar-refractivity contribution in [2.24, 2.45) is 5.73 Å². The Balaban J connectivity index is 2.93. The van der Waals surface area contributed by atoms with Crippen molar-refractivity contribution in [2.75, 3.05) is 0 Å². The van der Waals surface area contributed by atoms with Gasteiger partial charge in [-0.25, -0.2) is 0 Å². The summed E-state index contributed by atoms with van der Waals surface area (Å²) in [7, 11) is 0. The van der Waals surface area contributed by atoms with Gasteiger partial charge in [0, 0.05) is 0 Å². The molecule has 1 rings (SSSR count). The van der Waals surface area contributed by atoms with Crippen molar-refractivity contribution in [1.82, 2.24) is 0 Å². The minimum absolute atomic E-state index is 0.125. The summed E-state index contributed by atoms with van der Waals surface area (Å²) in [6, 6.07) is 7.56. The number of carboxylic acid groups (broad SMARTS) is 1. The number of hydrogen-bond donors (Lipinski definition) is 2. The number of rotatable bonds is 4. The third-order valence-electron chi connectivity index (χ3n) is 3.58. The third-order valence-corrected chi connectivity index (χ3v) is 3.58. The van der Waals surface area contributed by atoms with E-state index in [1.54, 1.807) is 0 Å². The van der Waals surface area contributed by atoms with Gasteiger partial charge in [0.2, 0.25) is 0 Å². The fraction of sp³-hybridized carbons (Fsp3) is 0.562. The average molecular weight is 263 g/mol. The van der Waals surface area contributed by atoms with Gasteiger partial charge < -0.3 is 10.8 Å². The molecule has 3 N–H and O–H groups in total. The molecule has 0 aliphatic carbocycles. The van der Waals surface area contributed by atoms with Gasteiger partial charge in [0.1, 0.15) is 6.04 Å². The van der Waals surface area contributed by atoms with Crippen LogP contribution in [0, 0.1) is 0 Å². The van der Waals surface area contributed by atoms with Gasteiger partial charge in [-0.1, -0.05) is 58.9 Å². The van der Waals surface area contributed by atoms with Crippen LogP contribution in [0.5, 0.6) is 0 Å². The second-order valence-electron chi connectivity index (χ2n) is 6.86. The number of benzene rings is 1. The maximum absolute atomic E-state index is 10.9. The normalized spacial score (nSPS) is 14.2. The molecular weight excluding hydrogens is 238 g/mol. The zero-order chi connectivity index (χ0) is 14.8. The van der Waals surface area contributed by atoms with Gasteiger partial charge in [-0.05, 0) is 28.4 Å². The summed E-state index contributed by atoms with van der Waals surface area (Å²) < 4.78 is 0. The third kappa shape index (κ3) is 4.06. The first-order chi connectivity index (χ1) is 8.54. The summed E-state index contributed by atoms with van der Waals surface area (Å²) in [6.07, 6.45) is 0.428. The smallest absolute Gasteiger partial charge is 0.320 e. The van der Waals surface area contributed by atoms with Gasteiger partial charge >= 0.3 is 5.97 Å². The van der Waals surface area contributed by atoms with Crippen LogP contribution >= 0.6 is 0 Å². The molecule has 1 atom stereocenters. The van der Waals surface area contributed by atoms with Crippen LogP contribution in [0.25, 0.3) is 0 Å². The molecule has 1 aromatic rings. The highest BCUT2D eigenvalue weighted by Crippen LogP contribution is 2.30. The lowest BCUT2D eigenvalue weighted by atomic mass is 9.77. The predicted molar refractivity (Wildman–Crippen MR) is 78.4 cm³/mol. The highest BCUT2D eigenvalue weighted by molar-refractivity contribution is 5.73. The standard InChI is InChI=1S/C16H25NO2/c1-15(2,3)11-6-8-12(9-7-11)16(4,5)10-13(17)14(18)19/h6-9,13H,10,17H2,1-5H3,(H,18,19). The Kier molecular flexibility index (Phi) is 4.41. The largest absolute Gasteiger partial charge is 0.480 e. The van der Waals surface area contributed by atoms with E-state index in [0.717, 1.165) is 5.56 Å². The maximum atomic E-state index is 10.9. The highest BCUT2D eigenvalue weighted by atomic mass is 16.4. The zero-order valence-electron chi connectivity index (χ0n) is 12.5. The fourth-order valence-electron chi connectivity index (χ4n) is 2.18. The fourth-order valence-corrected chi connectivity index (χ4v) is 2.18. The molecule has 106 valence electrons. The Morgan fingerprint density at radius 1 is 1.11 bits per heavy atom. The molecule has 3 heteroatoms. The van der Waals surface area contributed by atoms with E-state index in [2.05, 4.69) is 45.0 Å². The second kappa shape index (κ2) is 5.33. The first-order valence-corrected chi connectivity index (χ1v) is 6.63. The zero-order valence-corrected chi connectivity index (χ0v) is 12.5. The van der Waals surface area contributed by atoms with E-state index in [4.69, 9.17) is 10.8 Å². The van der Waals surface area contributed by atoms with Crippen LogP contribution in [0.3, 0.4) is 0 Å². The van der Waals surface area contributed by atoms with E-state index in [0.29, 0.717) is 6.42 Å². The number of hydrogen-bond acceptors (Lipinski definition) is 2. The first kappa shape index (κ1) is 15.7. The lowest BCUT2D eigenvalue weighted by Crippen LogP contribution is -2.36. The van der Waals surface area contributed by atoms with Crippen molar-refractivity contribution in [3.63, 3.8) is 0 Å². The minimum Gasteiger partial charge on any atom is -0.480 e. The van der Waals surface area contributed by atoms with Crippen molar-refractivity contribution in [3.8, 4) is 0 Å². The van der Waals surface area contributed by atoms with E-state index in [1.807, 2.05) is 13.8 Å². The molecule has 0 aliphatic heterocycles. The molecule has 1 aromatic carbocycles. The molecule has 0 heterocycles. The topological polar surface area (TPSA) is 63.3 Å². The van der Waals surface area contributed by atoms with Crippen molar-refractivity contribution in [1.29, 1.82) is 0 Å². The molecule has 0 spiro atoms. The molecular formula is C16H25NO2. The summed E-state index contributed by atoms with van der Waals surface area (Å²) in [6.45, 7) is 10.6. The minimum atomic E-state index is -0.945. The monoisotopic (exact) mass is 263 g/mol. The molecule has 0 saturated heterocycles. The van der Waals surface area contributed by atoms with Crippen molar-refractivity contribution in [3.05, 3.63) is 35.4 Å². The molecule has 0 aromatic heterocycles. The lowest BCUT2D eigenvalue weighted by molar-refractivity contribution is -0.139. The number of nitrogens with two attached hydrogens (primary N) is 1. The highest BCUT2D eigenvalue weighted by Gasteiger charge is 2.27. The van der Waals surface area contributed by atoms with Gasteiger partial charge in [0.25, 0.3) is 0 Å². The lowest BCUT2D eigenvalue weighted by Gasteiger charge is -2.28. The van der Waals surface area contributed by atoms with E-state index in [1.165, 1.54) is 5.56 Å². The van der Waals surface area contributed by atoms with Gasteiger partial charge in [0.05, 0.1) is 0 Å². The van der Waals surface area contributed by atoms with Crippen LogP contribution in [0.15, 0.2) is 24.3 Å². The Hall–Kier alpha value is -1.35. The quantitative estimate of drug-likeness (QED) is 0.877. The second-order valence-corrected chi connectivity index (χ2v) is 6.86. The van der Waals surface area contributed by atoms with Gasteiger partial charge in [0.15, 0.2) is 0 Å². The van der Waals surface area contributed by atoms with Crippen LogP contribution in [0.2, 0.25) is 0 Å². The number of carbonyl (C=O) groups is 1. The number of carboxylic acids is 1. The molecule has 19 heavy (non-hydrogen) atoms. The molecule has 0 radical (unpaired) electrons. The predicted octanol–water partition coefficient (Wildman–Crippen LogP) is 3.06. The molecule has 0 amide bonds. The molecule has 3 nitrogen and oxygen atoms in total. The van der Waals surface area contributed by atoms with Gasteiger partial charge in [-0.3, -0.25) is 4.79 Å². The SMILES string of the molecule is CC(C)(C)c1ccc(C(C)(C)CC(N)C(=O)O)cc1. The summed E-state index contributed by atoms with van der Waals surface area (Å²) in [4.78, 5) is 10.9. The van der Waals surface area contributed by atoms with Crippen LogP contribution in [0.1, 0.15) is 52.2 Å². The van der Waals surface area contributed by atoms with E-state index >= 15 is 0 Å².